The second kappa shape index (κ2) is 16.9. The van der Waals surface area contributed by atoms with Gasteiger partial charge in [-0.25, -0.2) is 9.59 Å². The van der Waals surface area contributed by atoms with Crippen LogP contribution in [-0.4, -0.2) is 94.2 Å². The second-order valence-electron chi connectivity index (χ2n) is 17.6. The minimum Gasteiger partial charge on any atom is -0.467 e. The van der Waals surface area contributed by atoms with E-state index in [4.69, 9.17) is 9.47 Å². The molecule has 0 aliphatic carbocycles. The van der Waals surface area contributed by atoms with Gasteiger partial charge in [-0.05, 0) is 63.3 Å². The first-order valence-electron chi connectivity index (χ1n) is 20.8. The fraction of sp³-hybridized carbons (Fsp3) is 0.435. The Hall–Kier alpha value is -6.38. The quantitative estimate of drug-likeness (QED) is 0.171. The average Bonchev–Trinajstić information content (AvgIpc) is 3.74. The highest BCUT2D eigenvalue weighted by Crippen LogP contribution is 2.51. The van der Waals surface area contributed by atoms with Crippen molar-refractivity contribution >= 4 is 52.3 Å². The SMILES string of the molecule is COC(=O)[C@H](Cc1ccccc1)N1C(=O)[C@@H]2C[C@]3(c4ccccc4N[C@H]13)n1cc(c3ccccc31)CC(NC(=O)OC(C)(C)C)C(=O)N[C@@H](C)C(=O)NC(CC(C)C)C(=O)N2. The molecule has 0 radical (unpaired) electrons. The zero-order valence-corrected chi connectivity index (χ0v) is 35.6. The summed E-state index contributed by atoms with van der Waals surface area (Å²) in [5.74, 6) is -3.08. The van der Waals surface area contributed by atoms with E-state index in [9.17, 15) is 24.0 Å². The standard InChI is InChI=1S/C46H55N7O8/c1-26(2)21-33-40(56)49-35-24-46(31-18-12-13-19-32(31)50-43(46)53(41(35)57)37(42(58)60-7)22-28-15-9-8-10-16-28)52-25-29(30-17-11-14-20-36(30)52)23-34(51-44(59)61-45(4,5)6)39(55)47-27(3)38(54)48-33/h8-20,25-27,33-35,37,43,50H,21-24H2,1-7H3,(H,47,55)(H,48,54)(H,49,56)(H,51,59)/t27-,33?,34?,35-,37-,43+,46+/m0/s1. The van der Waals surface area contributed by atoms with E-state index < -0.39 is 83.2 Å². The molecule has 3 aliphatic rings. The number of methoxy groups -OCH3 is 1. The lowest BCUT2D eigenvalue weighted by Gasteiger charge is -2.51. The van der Waals surface area contributed by atoms with Gasteiger partial charge < -0.3 is 45.5 Å². The van der Waals surface area contributed by atoms with Gasteiger partial charge in [0, 0.05) is 47.6 Å². The maximum atomic E-state index is 15.3. The number of benzene rings is 3. The second-order valence-corrected chi connectivity index (χ2v) is 17.6. The summed E-state index contributed by atoms with van der Waals surface area (Å²) in [6.07, 6.45) is 0.555. The normalized spacial score (nSPS) is 24.7. The van der Waals surface area contributed by atoms with Crippen LogP contribution in [0.5, 0.6) is 0 Å². The number of carbonyl (C=O) groups excluding carboxylic acids is 6. The number of fused-ring (bicyclic) bond motifs is 7. The third-order valence-corrected chi connectivity index (χ3v) is 11.6. The minimum absolute atomic E-state index is 0.0136. The Labute approximate surface area is 355 Å². The van der Waals surface area contributed by atoms with Crippen LogP contribution < -0.4 is 26.6 Å². The van der Waals surface area contributed by atoms with Crippen LogP contribution in [0.25, 0.3) is 10.9 Å². The minimum atomic E-state index is -1.21. The summed E-state index contributed by atoms with van der Waals surface area (Å²) in [5, 5.41) is 15.7. The van der Waals surface area contributed by atoms with Crippen LogP contribution in [0.1, 0.15) is 71.1 Å². The summed E-state index contributed by atoms with van der Waals surface area (Å²) in [4.78, 5) is 86.8. The number of nitrogens with one attached hydrogen (secondary N) is 5. The first-order valence-corrected chi connectivity index (χ1v) is 20.8. The van der Waals surface area contributed by atoms with Crippen LogP contribution in [0, 0.1) is 5.92 Å². The zero-order chi connectivity index (χ0) is 43.8. The van der Waals surface area contributed by atoms with Gasteiger partial charge in [0.1, 0.15) is 47.5 Å². The molecule has 4 aromatic rings. The Morgan fingerprint density at radius 1 is 0.869 bits per heavy atom. The van der Waals surface area contributed by atoms with Gasteiger partial charge in [-0.2, -0.15) is 0 Å². The highest BCUT2D eigenvalue weighted by molar-refractivity contribution is 5.98. The third kappa shape index (κ3) is 8.50. The van der Waals surface area contributed by atoms with E-state index in [1.807, 2.05) is 98.9 Å². The first kappa shape index (κ1) is 42.7. The molecule has 7 atom stereocenters. The number of rotatable bonds is 7. The molecule has 2 unspecified atom stereocenters. The molecule has 0 saturated carbocycles. The largest absolute Gasteiger partial charge is 0.467 e. The number of alkyl carbamates (subject to hydrolysis) is 1. The predicted molar refractivity (Wildman–Crippen MR) is 228 cm³/mol. The number of anilines is 1. The van der Waals surface area contributed by atoms with Gasteiger partial charge in [-0.3, -0.25) is 19.2 Å². The number of likely N-dealkylation sites (tertiary alicyclic amines) is 1. The monoisotopic (exact) mass is 833 g/mol. The Morgan fingerprint density at radius 2 is 1.56 bits per heavy atom. The van der Waals surface area contributed by atoms with E-state index in [0.717, 1.165) is 27.7 Å². The molecular weight excluding hydrogens is 779 g/mol. The zero-order valence-electron chi connectivity index (χ0n) is 35.6. The van der Waals surface area contributed by atoms with Crippen molar-refractivity contribution in [3.8, 4) is 0 Å². The van der Waals surface area contributed by atoms with Crippen molar-refractivity contribution < 1.29 is 38.2 Å². The van der Waals surface area contributed by atoms with Crippen molar-refractivity contribution in [1.82, 2.24) is 30.7 Å². The molecule has 5 N–H and O–H groups in total. The summed E-state index contributed by atoms with van der Waals surface area (Å²) >= 11 is 0. The molecule has 322 valence electrons. The summed E-state index contributed by atoms with van der Waals surface area (Å²) in [7, 11) is 1.28. The summed E-state index contributed by atoms with van der Waals surface area (Å²) in [6, 6.07) is 18.9. The van der Waals surface area contributed by atoms with Crippen LogP contribution in [0.4, 0.5) is 10.5 Å². The van der Waals surface area contributed by atoms with E-state index in [-0.39, 0.29) is 31.6 Å². The molecule has 61 heavy (non-hydrogen) atoms. The first-order chi connectivity index (χ1) is 29.0. The molecule has 3 aliphatic heterocycles. The predicted octanol–water partition coefficient (Wildman–Crippen LogP) is 4.12. The molecule has 7 rings (SSSR count). The summed E-state index contributed by atoms with van der Waals surface area (Å²) < 4.78 is 13.1. The molecule has 15 nitrogen and oxygen atoms in total. The number of ether oxygens (including phenoxy) is 2. The van der Waals surface area contributed by atoms with Crippen LogP contribution >= 0.6 is 0 Å². The van der Waals surface area contributed by atoms with Crippen LogP contribution in [0.3, 0.4) is 0 Å². The van der Waals surface area contributed by atoms with Gasteiger partial charge in [0.25, 0.3) is 0 Å². The summed E-state index contributed by atoms with van der Waals surface area (Å²) in [5.41, 5.74) is 1.66. The molecule has 4 heterocycles. The van der Waals surface area contributed by atoms with E-state index in [1.54, 1.807) is 20.8 Å². The number of para-hydroxylation sites is 2. The van der Waals surface area contributed by atoms with Gasteiger partial charge in [0.2, 0.25) is 23.6 Å². The van der Waals surface area contributed by atoms with Gasteiger partial charge >= 0.3 is 12.1 Å². The van der Waals surface area contributed by atoms with Crippen LogP contribution in [-0.2, 0) is 51.8 Å². The van der Waals surface area contributed by atoms with Crippen molar-refractivity contribution in [2.45, 2.75) is 115 Å². The average molecular weight is 834 g/mol. The number of piperidine rings is 1. The number of hydrogen-bond donors (Lipinski definition) is 5. The number of nitrogens with zero attached hydrogens (tertiary/aromatic N) is 2. The topological polar surface area (TPSA) is 189 Å². The third-order valence-electron chi connectivity index (χ3n) is 11.6. The van der Waals surface area contributed by atoms with Crippen molar-refractivity contribution in [1.29, 1.82) is 0 Å². The van der Waals surface area contributed by atoms with E-state index in [2.05, 4.69) is 31.2 Å². The lowest BCUT2D eigenvalue weighted by atomic mass is 9.77. The van der Waals surface area contributed by atoms with Gasteiger partial charge in [0.15, 0.2) is 0 Å². The summed E-state index contributed by atoms with van der Waals surface area (Å²) in [6.45, 7) is 10.5. The fourth-order valence-corrected chi connectivity index (χ4v) is 8.98. The number of aromatic nitrogens is 1. The van der Waals surface area contributed by atoms with Crippen molar-refractivity contribution in [3.05, 3.63) is 102 Å². The van der Waals surface area contributed by atoms with E-state index in [0.29, 0.717) is 5.56 Å². The molecular formula is C46H55N7O8. The Kier molecular flexibility index (Phi) is 11.9. The van der Waals surface area contributed by atoms with Crippen molar-refractivity contribution in [2.24, 2.45) is 5.92 Å². The van der Waals surface area contributed by atoms with Crippen LogP contribution in [0.2, 0.25) is 0 Å². The maximum Gasteiger partial charge on any atom is 0.408 e. The molecule has 15 heteroatoms. The van der Waals surface area contributed by atoms with E-state index in [1.165, 1.54) is 18.9 Å². The van der Waals surface area contributed by atoms with E-state index >= 15 is 4.79 Å². The molecule has 1 aromatic heterocycles. The highest BCUT2D eigenvalue weighted by atomic mass is 16.6. The van der Waals surface area contributed by atoms with Gasteiger partial charge in [-0.1, -0.05) is 80.6 Å². The Bertz CT molecular complexity index is 2340. The molecule has 1 fully saturated rings. The van der Waals surface area contributed by atoms with Gasteiger partial charge in [0.05, 0.1) is 7.11 Å². The Morgan fingerprint density at radius 3 is 2.26 bits per heavy atom. The molecule has 5 amide bonds. The maximum absolute atomic E-state index is 15.3. The highest BCUT2D eigenvalue weighted by Gasteiger charge is 2.61. The molecule has 4 bridgehead atoms. The number of amides is 5. The van der Waals surface area contributed by atoms with Crippen molar-refractivity contribution in [3.63, 3.8) is 0 Å². The smallest absolute Gasteiger partial charge is 0.408 e. The number of hydrogen-bond acceptors (Lipinski definition) is 9. The lowest BCUT2D eigenvalue weighted by Crippen LogP contribution is -2.71. The van der Waals surface area contributed by atoms with Crippen LogP contribution in [0.15, 0.2) is 85.1 Å². The number of esters is 1. The molecule has 1 spiro atoms. The Balaban J connectivity index is 1.48. The fourth-order valence-electron chi connectivity index (χ4n) is 8.98. The molecule has 3 aromatic carbocycles. The number of carbonyl (C=O) groups is 6. The van der Waals surface area contributed by atoms with Gasteiger partial charge in [-0.15, -0.1) is 0 Å². The van der Waals surface area contributed by atoms with Crippen molar-refractivity contribution in [2.75, 3.05) is 12.4 Å². The molecule has 1 saturated heterocycles. The lowest BCUT2D eigenvalue weighted by molar-refractivity contribution is -0.161.